The first-order valence-corrected chi connectivity index (χ1v) is 9.03. The summed E-state index contributed by atoms with van der Waals surface area (Å²) >= 11 is 0. The lowest BCUT2D eigenvalue weighted by Crippen LogP contribution is -2.19. The standard InChI is InChI=1S/C21H25N5O3/c1-13-9-16(15(3)26(13)14(2)12-29-4)10-17(11-22)20(27)24-18-5-7-19(8-6-18)25-21(23)28/h5-10,14H,12H2,1-4H3,(H,24,27)(H3,23,25,28)/b17-10+. The molecule has 2 rings (SSSR count). The van der Waals surface area contributed by atoms with Gasteiger partial charge in [-0.3, -0.25) is 4.79 Å². The Morgan fingerprint density at radius 2 is 1.83 bits per heavy atom. The highest BCUT2D eigenvalue weighted by molar-refractivity contribution is 6.09. The number of methoxy groups -OCH3 is 1. The summed E-state index contributed by atoms with van der Waals surface area (Å²) in [4.78, 5) is 23.4. The van der Waals surface area contributed by atoms with Crippen LogP contribution in [0, 0.1) is 25.2 Å². The van der Waals surface area contributed by atoms with E-state index >= 15 is 0 Å². The Hall–Kier alpha value is -3.57. The SMILES string of the molecule is COCC(C)n1c(C)cc(/C=C(\C#N)C(=O)Nc2ccc(NC(N)=O)cc2)c1C. The summed E-state index contributed by atoms with van der Waals surface area (Å²) in [6.45, 7) is 6.53. The molecule has 0 saturated carbocycles. The van der Waals surface area contributed by atoms with Gasteiger partial charge in [-0.25, -0.2) is 4.79 Å². The van der Waals surface area contributed by atoms with Crippen molar-refractivity contribution in [2.45, 2.75) is 26.8 Å². The second kappa shape index (κ2) is 9.57. The Morgan fingerprint density at radius 1 is 1.24 bits per heavy atom. The molecule has 1 aromatic heterocycles. The topological polar surface area (TPSA) is 122 Å². The quantitative estimate of drug-likeness (QED) is 0.491. The van der Waals surface area contributed by atoms with Crippen LogP contribution in [0.5, 0.6) is 0 Å². The Labute approximate surface area is 170 Å². The zero-order chi connectivity index (χ0) is 21.6. The number of urea groups is 1. The molecule has 0 saturated heterocycles. The summed E-state index contributed by atoms with van der Waals surface area (Å²) in [7, 11) is 1.65. The third-order valence-corrected chi connectivity index (χ3v) is 4.45. The smallest absolute Gasteiger partial charge is 0.316 e. The van der Waals surface area contributed by atoms with Crippen LogP contribution in [0.25, 0.3) is 6.08 Å². The van der Waals surface area contributed by atoms with Crippen LogP contribution in [-0.2, 0) is 9.53 Å². The first kappa shape index (κ1) is 21.7. The number of amides is 3. The number of rotatable bonds is 7. The van der Waals surface area contributed by atoms with E-state index in [-0.39, 0.29) is 11.6 Å². The van der Waals surface area contributed by atoms with Crippen LogP contribution in [0.3, 0.4) is 0 Å². The van der Waals surface area contributed by atoms with Gasteiger partial charge in [0, 0.05) is 29.9 Å². The average molecular weight is 395 g/mol. The van der Waals surface area contributed by atoms with E-state index in [0.717, 1.165) is 17.0 Å². The molecule has 1 unspecified atom stereocenters. The van der Waals surface area contributed by atoms with Gasteiger partial charge >= 0.3 is 6.03 Å². The van der Waals surface area contributed by atoms with E-state index in [1.807, 2.05) is 32.9 Å². The van der Waals surface area contributed by atoms with Gasteiger partial charge in [0.2, 0.25) is 0 Å². The fourth-order valence-electron chi connectivity index (χ4n) is 3.22. The van der Waals surface area contributed by atoms with Crippen molar-refractivity contribution < 1.29 is 14.3 Å². The third kappa shape index (κ3) is 5.46. The van der Waals surface area contributed by atoms with E-state index < -0.39 is 11.9 Å². The van der Waals surface area contributed by atoms with E-state index in [4.69, 9.17) is 10.5 Å². The molecule has 1 atom stereocenters. The van der Waals surface area contributed by atoms with E-state index in [1.54, 1.807) is 37.5 Å². The average Bonchev–Trinajstić information content (AvgIpc) is 2.94. The summed E-state index contributed by atoms with van der Waals surface area (Å²) in [5.41, 5.74) is 8.83. The summed E-state index contributed by atoms with van der Waals surface area (Å²) in [6, 6.07) is 9.77. The molecule has 4 N–H and O–H groups in total. The lowest BCUT2D eigenvalue weighted by atomic mass is 10.1. The minimum Gasteiger partial charge on any atom is -0.383 e. The molecular weight excluding hydrogens is 370 g/mol. The number of nitriles is 1. The molecular formula is C21H25N5O3. The molecule has 0 fully saturated rings. The predicted molar refractivity (Wildman–Crippen MR) is 112 cm³/mol. The molecule has 152 valence electrons. The first-order chi connectivity index (χ1) is 13.8. The largest absolute Gasteiger partial charge is 0.383 e. The number of nitrogens with two attached hydrogens (primary N) is 1. The minimum absolute atomic E-state index is 0.0102. The number of nitrogens with one attached hydrogen (secondary N) is 2. The number of carbonyl (C=O) groups is 2. The number of carbonyl (C=O) groups excluding carboxylic acids is 2. The molecule has 0 aliphatic carbocycles. The molecule has 0 aliphatic rings. The molecule has 0 radical (unpaired) electrons. The van der Waals surface area contributed by atoms with Crippen LogP contribution in [0.15, 0.2) is 35.9 Å². The Bertz CT molecular complexity index is 967. The number of ether oxygens (including phenoxy) is 1. The molecule has 2 aromatic rings. The van der Waals surface area contributed by atoms with Crippen molar-refractivity contribution in [2.24, 2.45) is 5.73 Å². The molecule has 8 heteroatoms. The number of primary amides is 1. The minimum atomic E-state index is -0.672. The number of aryl methyl sites for hydroxylation is 1. The summed E-state index contributed by atoms with van der Waals surface area (Å²) in [5, 5.41) is 14.6. The van der Waals surface area contributed by atoms with Crippen LogP contribution in [0.4, 0.5) is 16.2 Å². The van der Waals surface area contributed by atoms with Gasteiger partial charge < -0.3 is 25.7 Å². The zero-order valence-electron chi connectivity index (χ0n) is 16.9. The fourth-order valence-corrected chi connectivity index (χ4v) is 3.22. The Balaban J connectivity index is 2.21. The van der Waals surface area contributed by atoms with Gasteiger partial charge in [0.1, 0.15) is 11.6 Å². The second-order valence-electron chi connectivity index (χ2n) is 6.69. The van der Waals surface area contributed by atoms with Crippen molar-refractivity contribution in [3.05, 3.63) is 52.9 Å². The van der Waals surface area contributed by atoms with Crippen LogP contribution in [0.1, 0.15) is 29.9 Å². The van der Waals surface area contributed by atoms with Crippen molar-refractivity contribution in [3.63, 3.8) is 0 Å². The third-order valence-electron chi connectivity index (χ3n) is 4.45. The number of anilines is 2. The fraction of sp³-hybridized carbons (Fsp3) is 0.286. The summed E-state index contributed by atoms with van der Waals surface area (Å²) in [6.07, 6.45) is 1.58. The molecule has 0 aliphatic heterocycles. The first-order valence-electron chi connectivity index (χ1n) is 9.03. The van der Waals surface area contributed by atoms with E-state index in [1.165, 1.54) is 0 Å². The molecule has 1 aromatic carbocycles. The highest BCUT2D eigenvalue weighted by Gasteiger charge is 2.16. The van der Waals surface area contributed by atoms with E-state index in [2.05, 4.69) is 15.2 Å². The molecule has 1 heterocycles. The van der Waals surface area contributed by atoms with Gasteiger partial charge in [-0.1, -0.05) is 0 Å². The predicted octanol–water partition coefficient (Wildman–Crippen LogP) is 3.35. The van der Waals surface area contributed by atoms with Crippen LogP contribution < -0.4 is 16.4 Å². The summed E-state index contributed by atoms with van der Waals surface area (Å²) in [5.74, 6) is -0.516. The van der Waals surface area contributed by atoms with Gasteiger partial charge in [-0.2, -0.15) is 5.26 Å². The number of hydrogen-bond donors (Lipinski definition) is 3. The molecule has 8 nitrogen and oxygen atoms in total. The molecule has 29 heavy (non-hydrogen) atoms. The van der Waals surface area contributed by atoms with Crippen molar-refractivity contribution in [1.29, 1.82) is 5.26 Å². The van der Waals surface area contributed by atoms with Crippen molar-refractivity contribution >= 4 is 29.4 Å². The Kier molecular flexibility index (Phi) is 7.17. The summed E-state index contributed by atoms with van der Waals surface area (Å²) < 4.78 is 7.35. The highest BCUT2D eigenvalue weighted by atomic mass is 16.5. The maximum atomic E-state index is 12.5. The maximum absolute atomic E-state index is 12.5. The van der Waals surface area contributed by atoms with Crippen molar-refractivity contribution in [2.75, 3.05) is 24.4 Å². The lowest BCUT2D eigenvalue weighted by Gasteiger charge is -2.17. The zero-order valence-corrected chi connectivity index (χ0v) is 16.9. The van der Waals surface area contributed by atoms with Crippen molar-refractivity contribution in [1.82, 2.24) is 4.57 Å². The highest BCUT2D eigenvalue weighted by Crippen LogP contribution is 2.23. The van der Waals surface area contributed by atoms with Gasteiger partial charge in [-0.15, -0.1) is 0 Å². The van der Waals surface area contributed by atoms with E-state index in [9.17, 15) is 14.9 Å². The van der Waals surface area contributed by atoms with Crippen LogP contribution in [-0.4, -0.2) is 30.2 Å². The van der Waals surface area contributed by atoms with Crippen molar-refractivity contribution in [3.8, 4) is 6.07 Å². The van der Waals surface area contributed by atoms with E-state index in [0.29, 0.717) is 18.0 Å². The monoisotopic (exact) mass is 395 g/mol. The molecule has 0 bridgehead atoms. The van der Waals surface area contributed by atoms with Gasteiger partial charge in [-0.05, 0) is 62.7 Å². The van der Waals surface area contributed by atoms with Gasteiger partial charge in [0.15, 0.2) is 0 Å². The number of nitrogens with zero attached hydrogens (tertiary/aromatic N) is 2. The van der Waals surface area contributed by atoms with Crippen LogP contribution >= 0.6 is 0 Å². The second-order valence-corrected chi connectivity index (χ2v) is 6.69. The number of benzene rings is 1. The molecule has 0 spiro atoms. The van der Waals surface area contributed by atoms with Gasteiger partial charge in [0.25, 0.3) is 5.91 Å². The van der Waals surface area contributed by atoms with Crippen LogP contribution in [0.2, 0.25) is 0 Å². The lowest BCUT2D eigenvalue weighted by molar-refractivity contribution is -0.112. The maximum Gasteiger partial charge on any atom is 0.316 e. The number of hydrogen-bond acceptors (Lipinski definition) is 4. The Morgan fingerprint density at radius 3 is 2.34 bits per heavy atom. The van der Waals surface area contributed by atoms with Gasteiger partial charge in [0.05, 0.1) is 12.6 Å². The number of aromatic nitrogens is 1. The normalized spacial score (nSPS) is 12.2. The molecule has 3 amide bonds.